The lowest BCUT2D eigenvalue weighted by Gasteiger charge is -1.90. The Bertz CT molecular complexity index is 208. The summed E-state index contributed by atoms with van der Waals surface area (Å²) in [7, 11) is 0. The normalized spacial score (nSPS) is 10.8. The molecule has 0 aromatic carbocycles. The van der Waals surface area contributed by atoms with Gasteiger partial charge in [0.25, 0.3) is 6.43 Å². The third-order valence-electron chi connectivity index (χ3n) is 1.08. The SMILES string of the molecule is NCc1ncc(C(F)F)[nH]1. The summed E-state index contributed by atoms with van der Waals surface area (Å²) in [5.41, 5.74) is 4.94. The first-order valence-corrected chi connectivity index (χ1v) is 2.76. The van der Waals surface area contributed by atoms with Crippen LogP contribution in [0.3, 0.4) is 0 Å². The highest BCUT2D eigenvalue weighted by Crippen LogP contribution is 2.15. The number of hydrogen-bond acceptors (Lipinski definition) is 2. The van der Waals surface area contributed by atoms with E-state index < -0.39 is 6.43 Å². The van der Waals surface area contributed by atoms with Gasteiger partial charge in [-0.15, -0.1) is 0 Å². The van der Waals surface area contributed by atoms with Gasteiger partial charge in [-0.05, 0) is 0 Å². The number of aromatic nitrogens is 2. The fourth-order valence-corrected chi connectivity index (χ4v) is 0.593. The van der Waals surface area contributed by atoms with E-state index in [0.717, 1.165) is 6.20 Å². The zero-order chi connectivity index (χ0) is 7.56. The van der Waals surface area contributed by atoms with Gasteiger partial charge in [0.2, 0.25) is 0 Å². The number of nitrogens with zero attached hydrogens (tertiary/aromatic N) is 1. The summed E-state index contributed by atoms with van der Waals surface area (Å²) in [5.74, 6) is 0.385. The van der Waals surface area contributed by atoms with E-state index in [-0.39, 0.29) is 12.2 Å². The first-order valence-electron chi connectivity index (χ1n) is 2.76. The molecular weight excluding hydrogens is 140 g/mol. The Labute approximate surface area is 56.3 Å². The van der Waals surface area contributed by atoms with Crippen molar-refractivity contribution in [3.8, 4) is 0 Å². The molecule has 0 unspecified atom stereocenters. The summed E-state index contributed by atoms with van der Waals surface area (Å²) in [6.45, 7) is 0.159. The van der Waals surface area contributed by atoms with Gasteiger partial charge in [0, 0.05) is 0 Å². The Morgan fingerprint density at radius 1 is 1.70 bits per heavy atom. The van der Waals surface area contributed by atoms with Crippen molar-refractivity contribution in [3.63, 3.8) is 0 Å². The minimum Gasteiger partial charge on any atom is -0.340 e. The van der Waals surface area contributed by atoms with Crippen LogP contribution in [0.1, 0.15) is 17.9 Å². The molecule has 1 heterocycles. The van der Waals surface area contributed by atoms with Gasteiger partial charge in [0.15, 0.2) is 0 Å². The van der Waals surface area contributed by atoms with Crippen molar-refractivity contribution >= 4 is 0 Å². The van der Waals surface area contributed by atoms with Gasteiger partial charge in [0.05, 0.1) is 12.7 Å². The molecule has 1 aromatic rings. The van der Waals surface area contributed by atoms with E-state index in [1.54, 1.807) is 0 Å². The molecule has 1 aromatic heterocycles. The molecular formula is C5H7F2N3. The van der Waals surface area contributed by atoms with Gasteiger partial charge in [0.1, 0.15) is 11.5 Å². The monoisotopic (exact) mass is 147 g/mol. The predicted molar refractivity (Wildman–Crippen MR) is 31.4 cm³/mol. The maximum absolute atomic E-state index is 11.8. The van der Waals surface area contributed by atoms with Crippen molar-refractivity contribution in [2.24, 2.45) is 5.73 Å². The molecule has 0 aliphatic carbocycles. The molecule has 56 valence electrons. The number of nitrogens with two attached hydrogens (primary N) is 1. The van der Waals surface area contributed by atoms with E-state index in [0.29, 0.717) is 5.82 Å². The molecule has 3 nitrogen and oxygen atoms in total. The van der Waals surface area contributed by atoms with Crippen LogP contribution in [0.25, 0.3) is 0 Å². The second-order valence-corrected chi connectivity index (χ2v) is 1.79. The van der Waals surface area contributed by atoms with Gasteiger partial charge in [-0.2, -0.15) is 0 Å². The maximum atomic E-state index is 11.8. The van der Waals surface area contributed by atoms with Crippen molar-refractivity contribution in [2.75, 3.05) is 0 Å². The average Bonchev–Trinajstić information content (AvgIpc) is 2.34. The molecule has 0 saturated carbocycles. The molecule has 0 fully saturated rings. The first-order chi connectivity index (χ1) is 4.74. The largest absolute Gasteiger partial charge is 0.340 e. The summed E-state index contributed by atoms with van der Waals surface area (Å²) in [6, 6.07) is 0. The molecule has 0 aliphatic rings. The number of alkyl halides is 2. The molecule has 0 aliphatic heterocycles. The van der Waals surface area contributed by atoms with Crippen molar-refractivity contribution in [1.29, 1.82) is 0 Å². The number of imidazole rings is 1. The molecule has 0 radical (unpaired) electrons. The number of hydrogen-bond donors (Lipinski definition) is 2. The topological polar surface area (TPSA) is 54.7 Å². The lowest BCUT2D eigenvalue weighted by Crippen LogP contribution is -1.98. The Morgan fingerprint density at radius 2 is 2.40 bits per heavy atom. The molecule has 0 spiro atoms. The highest BCUT2D eigenvalue weighted by molar-refractivity contribution is 5.01. The van der Waals surface area contributed by atoms with E-state index in [9.17, 15) is 8.78 Å². The zero-order valence-electron chi connectivity index (χ0n) is 5.14. The summed E-state index contributed by atoms with van der Waals surface area (Å²) >= 11 is 0. The molecule has 0 atom stereocenters. The third-order valence-corrected chi connectivity index (χ3v) is 1.08. The van der Waals surface area contributed by atoms with Crippen LogP contribution in [0, 0.1) is 0 Å². The molecule has 0 bridgehead atoms. The quantitative estimate of drug-likeness (QED) is 0.650. The van der Waals surface area contributed by atoms with Crippen molar-refractivity contribution in [1.82, 2.24) is 9.97 Å². The van der Waals surface area contributed by atoms with Crippen LogP contribution in [0.2, 0.25) is 0 Å². The standard InChI is InChI=1S/C5H7F2N3/c6-5(7)3-2-9-4(1-8)10-3/h2,5H,1,8H2,(H,9,10). The minimum absolute atomic E-state index is 0.159. The number of H-pyrrole nitrogens is 1. The number of aromatic amines is 1. The summed E-state index contributed by atoms with van der Waals surface area (Å²) in [5, 5.41) is 0. The molecule has 1 rings (SSSR count). The number of nitrogens with one attached hydrogen (secondary N) is 1. The van der Waals surface area contributed by atoms with Gasteiger partial charge in [-0.3, -0.25) is 0 Å². The van der Waals surface area contributed by atoms with E-state index in [1.165, 1.54) is 0 Å². The Kier molecular flexibility index (Phi) is 1.96. The fourth-order valence-electron chi connectivity index (χ4n) is 0.593. The smallest absolute Gasteiger partial charge is 0.279 e. The lowest BCUT2D eigenvalue weighted by molar-refractivity contribution is 0.146. The molecule has 0 amide bonds. The van der Waals surface area contributed by atoms with Crippen LogP contribution in [0.5, 0.6) is 0 Å². The summed E-state index contributed by atoms with van der Waals surface area (Å²) < 4.78 is 23.6. The van der Waals surface area contributed by atoms with Crippen LogP contribution >= 0.6 is 0 Å². The van der Waals surface area contributed by atoms with E-state index in [2.05, 4.69) is 9.97 Å². The van der Waals surface area contributed by atoms with E-state index in [1.807, 2.05) is 0 Å². The molecule has 10 heavy (non-hydrogen) atoms. The van der Waals surface area contributed by atoms with Crippen LogP contribution in [0.15, 0.2) is 6.20 Å². The Hall–Kier alpha value is -0.970. The minimum atomic E-state index is -2.49. The second-order valence-electron chi connectivity index (χ2n) is 1.79. The average molecular weight is 147 g/mol. The van der Waals surface area contributed by atoms with Gasteiger partial charge in [-0.25, -0.2) is 13.8 Å². The van der Waals surface area contributed by atoms with Crippen LogP contribution < -0.4 is 5.73 Å². The predicted octanol–water partition coefficient (Wildman–Crippen LogP) is 0.806. The van der Waals surface area contributed by atoms with Gasteiger partial charge < -0.3 is 10.7 Å². The van der Waals surface area contributed by atoms with Crippen molar-refractivity contribution in [2.45, 2.75) is 13.0 Å². The van der Waals surface area contributed by atoms with Gasteiger partial charge in [-0.1, -0.05) is 0 Å². The van der Waals surface area contributed by atoms with Gasteiger partial charge >= 0.3 is 0 Å². The highest BCUT2D eigenvalue weighted by Gasteiger charge is 2.08. The Morgan fingerprint density at radius 3 is 2.70 bits per heavy atom. The van der Waals surface area contributed by atoms with Crippen LogP contribution in [-0.2, 0) is 6.54 Å². The zero-order valence-corrected chi connectivity index (χ0v) is 5.14. The van der Waals surface area contributed by atoms with Crippen molar-refractivity contribution < 1.29 is 8.78 Å². The summed E-state index contributed by atoms with van der Waals surface area (Å²) in [6.07, 6.45) is -1.40. The number of rotatable bonds is 2. The summed E-state index contributed by atoms with van der Waals surface area (Å²) in [4.78, 5) is 5.97. The molecule has 0 saturated heterocycles. The van der Waals surface area contributed by atoms with Crippen molar-refractivity contribution in [3.05, 3.63) is 17.7 Å². The van der Waals surface area contributed by atoms with Crippen LogP contribution in [0.4, 0.5) is 8.78 Å². The second kappa shape index (κ2) is 2.74. The molecule has 5 heteroatoms. The highest BCUT2D eigenvalue weighted by atomic mass is 19.3. The first kappa shape index (κ1) is 7.14. The third kappa shape index (κ3) is 1.30. The molecule has 3 N–H and O–H groups in total. The lowest BCUT2D eigenvalue weighted by atomic mass is 10.5. The van der Waals surface area contributed by atoms with E-state index >= 15 is 0 Å². The fraction of sp³-hybridized carbons (Fsp3) is 0.400. The van der Waals surface area contributed by atoms with E-state index in [4.69, 9.17) is 5.73 Å². The maximum Gasteiger partial charge on any atom is 0.279 e. The van der Waals surface area contributed by atoms with Crippen LogP contribution in [-0.4, -0.2) is 9.97 Å². The Balaban J connectivity index is 2.78. The number of halogens is 2.